The molecule has 174 valence electrons. The number of allylic oxidation sites excluding steroid dienone is 1. The Kier molecular flexibility index (Phi) is 6.12. The fraction of sp³-hybridized carbons (Fsp3) is 0.333. The van der Waals surface area contributed by atoms with Crippen LogP contribution in [0.4, 0.5) is 18.9 Å². The highest BCUT2D eigenvalue weighted by Gasteiger charge is 2.59. The second-order valence-electron chi connectivity index (χ2n) is 8.30. The van der Waals surface area contributed by atoms with Crippen molar-refractivity contribution < 1.29 is 27.5 Å². The molecule has 0 aromatic heterocycles. The van der Waals surface area contributed by atoms with Crippen LogP contribution in [0.15, 0.2) is 53.0 Å². The Morgan fingerprint density at radius 1 is 1.06 bits per heavy atom. The number of methoxy groups -OCH3 is 1. The van der Waals surface area contributed by atoms with Crippen LogP contribution in [0, 0.1) is 0 Å². The molecule has 2 aliphatic carbocycles. The van der Waals surface area contributed by atoms with Crippen molar-refractivity contribution >= 4 is 51.2 Å². The molecule has 2 aliphatic rings. The number of hydrogen-bond donors (Lipinski definition) is 0. The summed E-state index contributed by atoms with van der Waals surface area (Å²) in [6.07, 6.45) is -2.55. The predicted molar refractivity (Wildman–Crippen MR) is 123 cm³/mol. The van der Waals surface area contributed by atoms with E-state index in [0.717, 1.165) is 22.7 Å². The second kappa shape index (κ2) is 8.47. The molecular formula is C24H20BrClF3NO3. The normalized spacial score (nSPS) is 24.2. The maximum absolute atomic E-state index is 13.7. The van der Waals surface area contributed by atoms with E-state index in [-0.39, 0.29) is 23.6 Å². The zero-order valence-corrected chi connectivity index (χ0v) is 19.9. The summed E-state index contributed by atoms with van der Waals surface area (Å²) in [5.41, 5.74) is -0.343. The fourth-order valence-electron chi connectivity index (χ4n) is 5.07. The molecule has 33 heavy (non-hydrogen) atoms. The second-order valence-corrected chi connectivity index (χ2v) is 9.59. The van der Waals surface area contributed by atoms with Gasteiger partial charge in [0.15, 0.2) is 0 Å². The number of ether oxygens (including phenoxy) is 1. The lowest BCUT2D eigenvalue weighted by Crippen LogP contribution is -2.63. The van der Waals surface area contributed by atoms with Crippen LogP contribution >= 0.6 is 27.5 Å². The first-order chi connectivity index (χ1) is 15.5. The Labute approximate surface area is 202 Å². The molecule has 0 unspecified atom stereocenters. The molecule has 0 heterocycles. The number of fused-ring (bicyclic) bond motifs is 2. The molecule has 2 aromatic rings. The van der Waals surface area contributed by atoms with Crippen LogP contribution in [-0.2, 0) is 19.7 Å². The van der Waals surface area contributed by atoms with E-state index in [4.69, 9.17) is 16.3 Å². The quantitative estimate of drug-likeness (QED) is 0.421. The lowest BCUT2D eigenvalue weighted by molar-refractivity contribution is -0.174. The Hall–Kier alpha value is -2.32. The van der Waals surface area contributed by atoms with Crippen molar-refractivity contribution in [3.8, 4) is 0 Å². The van der Waals surface area contributed by atoms with E-state index in [9.17, 15) is 22.8 Å². The van der Waals surface area contributed by atoms with Gasteiger partial charge in [0.25, 0.3) is 0 Å². The van der Waals surface area contributed by atoms with Crippen LogP contribution in [0.1, 0.15) is 36.8 Å². The highest BCUT2D eigenvalue weighted by Crippen LogP contribution is 2.56. The van der Waals surface area contributed by atoms with Gasteiger partial charge in [-0.05, 0) is 61.1 Å². The van der Waals surface area contributed by atoms with Gasteiger partial charge in [-0.1, -0.05) is 57.9 Å². The van der Waals surface area contributed by atoms with E-state index < -0.39 is 29.0 Å². The van der Waals surface area contributed by atoms with Crippen LogP contribution in [0.25, 0.3) is 6.08 Å². The van der Waals surface area contributed by atoms with E-state index in [0.29, 0.717) is 17.7 Å². The maximum Gasteiger partial charge on any atom is 0.471 e. The van der Waals surface area contributed by atoms with E-state index >= 15 is 0 Å². The SMILES string of the molecule is COC(=O)C1(N(C(=O)C(F)(F)F)c2cccc(Cl)c2)CCC2(CC1)C(Br)=Cc1ccccc12. The summed E-state index contributed by atoms with van der Waals surface area (Å²) in [4.78, 5) is 26.4. The third-order valence-electron chi connectivity index (χ3n) is 6.65. The first-order valence-electron chi connectivity index (χ1n) is 10.3. The topological polar surface area (TPSA) is 46.6 Å². The molecular weight excluding hydrogens is 523 g/mol. The van der Waals surface area contributed by atoms with Gasteiger partial charge in [-0.15, -0.1) is 0 Å². The Morgan fingerprint density at radius 3 is 2.33 bits per heavy atom. The van der Waals surface area contributed by atoms with Crippen LogP contribution in [0.2, 0.25) is 5.02 Å². The monoisotopic (exact) mass is 541 g/mol. The third-order valence-corrected chi connectivity index (χ3v) is 7.87. The van der Waals surface area contributed by atoms with Crippen molar-refractivity contribution in [2.45, 2.75) is 42.8 Å². The number of carbonyl (C=O) groups is 2. The number of rotatable bonds is 3. The van der Waals surface area contributed by atoms with Gasteiger partial charge in [-0.25, -0.2) is 4.79 Å². The summed E-state index contributed by atoms with van der Waals surface area (Å²) in [5, 5.41) is 0.148. The first-order valence-corrected chi connectivity index (χ1v) is 11.4. The largest absolute Gasteiger partial charge is 0.471 e. The summed E-state index contributed by atoms with van der Waals surface area (Å²) >= 11 is 9.68. The fourth-order valence-corrected chi connectivity index (χ4v) is 6.11. The van der Waals surface area contributed by atoms with Gasteiger partial charge >= 0.3 is 18.1 Å². The van der Waals surface area contributed by atoms with Crippen LogP contribution in [0.5, 0.6) is 0 Å². The van der Waals surface area contributed by atoms with Crippen molar-refractivity contribution in [1.82, 2.24) is 0 Å². The van der Waals surface area contributed by atoms with Crippen molar-refractivity contribution in [3.05, 3.63) is 69.2 Å². The Morgan fingerprint density at radius 2 is 1.73 bits per heavy atom. The number of amides is 1. The number of nitrogens with zero attached hydrogens (tertiary/aromatic N) is 1. The highest BCUT2D eigenvalue weighted by atomic mass is 79.9. The summed E-state index contributed by atoms with van der Waals surface area (Å²) < 4.78 is 47.1. The molecule has 1 spiro atoms. The molecule has 0 aliphatic heterocycles. The van der Waals surface area contributed by atoms with E-state index in [2.05, 4.69) is 15.9 Å². The summed E-state index contributed by atoms with van der Waals surface area (Å²) in [5.74, 6) is -3.02. The third kappa shape index (κ3) is 3.87. The average molecular weight is 543 g/mol. The number of anilines is 1. The molecule has 1 saturated carbocycles. The summed E-state index contributed by atoms with van der Waals surface area (Å²) in [6.45, 7) is 0. The molecule has 9 heteroatoms. The van der Waals surface area contributed by atoms with E-state index in [1.807, 2.05) is 30.3 Å². The molecule has 4 nitrogen and oxygen atoms in total. The smallest absolute Gasteiger partial charge is 0.467 e. The first kappa shape index (κ1) is 23.8. The number of esters is 1. The molecule has 0 atom stereocenters. The van der Waals surface area contributed by atoms with Gasteiger partial charge in [0.1, 0.15) is 5.54 Å². The number of alkyl halides is 3. The molecule has 4 rings (SSSR count). The van der Waals surface area contributed by atoms with Gasteiger partial charge in [-0.2, -0.15) is 13.2 Å². The minimum Gasteiger partial charge on any atom is -0.467 e. The zero-order valence-electron chi connectivity index (χ0n) is 17.6. The lowest BCUT2D eigenvalue weighted by atomic mass is 9.64. The molecule has 0 saturated heterocycles. The van der Waals surface area contributed by atoms with Crippen LogP contribution < -0.4 is 4.90 Å². The number of hydrogen-bond acceptors (Lipinski definition) is 3. The predicted octanol–water partition coefficient (Wildman–Crippen LogP) is 6.41. The lowest BCUT2D eigenvalue weighted by Gasteiger charge is -2.49. The molecule has 0 bridgehead atoms. The average Bonchev–Trinajstić information content (AvgIpc) is 3.05. The number of benzene rings is 2. The molecule has 0 N–H and O–H groups in total. The van der Waals surface area contributed by atoms with E-state index in [1.54, 1.807) is 0 Å². The van der Waals surface area contributed by atoms with Gasteiger partial charge in [0, 0.05) is 20.6 Å². The zero-order chi connectivity index (χ0) is 24.0. The molecule has 2 aromatic carbocycles. The Balaban J connectivity index is 1.82. The standard InChI is InChI=1S/C24H20BrClF3NO3/c1-33-21(32)23(30(20(31)24(27,28)29)17-7-4-6-16(26)14-17)11-9-22(10-12-23)18-8-3-2-5-15(18)13-19(22)25/h2-8,13-14H,9-12H2,1H3. The number of carbonyl (C=O) groups excluding carboxylic acids is 2. The minimum atomic E-state index is -5.20. The van der Waals surface area contributed by atoms with Gasteiger partial charge in [-0.3, -0.25) is 9.69 Å². The van der Waals surface area contributed by atoms with Crippen LogP contribution in [-0.4, -0.2) is 30.7 Å². The van der Waals surface area contributed by atoms with Gasteiger partial charge in [0.05, 0.1) is 7.11 Å². The van der Waals surface area contributed by atoms with Crippen molar-refractivity contribution in [2.75, 3.05) is 12.0 Å². The van der Waals surface area contributed by atoms with Crippen molar-refractivity contribution in [1.29, 1.82) is 0 Å². The highest BCUT2D eigenvalue weighted by molar-refractivity contribution is 9.11. The van der Waals surface area contributed by atoms with Gasteiger partial charge < -0.3 is 4.74 Å². The summed E-state index contributed by atoms with van der Waals surface area (Å²) in [6, 6.07) is 13.3. The van der Waals surface area contributed by atoms with Crippen LogP contribution in [0.3, 0.4) is 0 Å². The Bertz CT molecular complexity index is 1140. The maximum atomic E-state index is 13.7. The van der Waals surface area contributed by atoms with Gasteiger partial charge in [0.2, 0.25) is 0 Å². The minimum absolute atomic E-state index is 0.0225. The van der Waals surface area contributed by atoms with Crippen molar-refractivity contribution in [2.24, 2.45) is 0 Å². The molecule has 1 amide bonds. The molecule has 1 fully saturated rings. The summed E-state index contributed by atoms with van der Waals surface area (Å²) in [7, 11) is 1.11. The van der Waals surface area contributed by atoms with Crippen molar-refractivity contribution in [3.63, 3.8) is 0 Å². The van der Waals surface area contributed by atoms with E-state index in [1.165, 1.54) is 24.3 Å². The molecule has 0 radical (unpaired) electrons. The number of halogens is 5.